The van der Waals surface area contributed by atoms with Gasteiger partial charge in [-0.1, -0.05) is 0 Å². The van der Waals surface area contributed by atoms with Crippen molar-refractivity contribution in [1.29, 1.82) is 0 Å². The van der Waals surface area contributed by atoms with E-state index in [0.717, 1.165) is 11.5 Å². The molecule has 6 heteroatoms. The number of imidazole rings is 1. The Bertz CT molecular complexity index is 530. The summed E-state index contributed by atoms with van der Waals surface area (Å²) < 4.78 is 1.58. The lowest BCUT2D eigenvalue weighted by Crippen LogP contribution is -2.23. The average Bonchev–Trinajstić information content (AvgIpc) is 3.10. The summed E-state index contributed by atoms with van der Waals surface area (Å²) in [5.74, 6) is 2.04. The molecule has 2 aromatic rings. The Labute approximate surface area is 112 Å². The van der Waals surface area contributed by atoms with Crippen LogP contribution in [0, 0.1) is 5.92 Å². The highest BCUT2D eigenvalue weighted by molar-refractivity contribution is 8.74. The van der Waals surface area contributed by atoms with Crippen LogP contribution in [0.3, 0.4) is 0 Å². The van der Waals surface area contributed by atoms with E-state index < -0.39 is 0 Å². The molecule has 92 valence electrons. The molecule has 0 radical (unpaired) electrons. The third-order valence-electron chi connectivity index (χ3n) is 2.77. The van der Waals surface area contributed by atoms with Crippen LogP contribution in [-0.2, 0) is 9.93 Å². The van der Waals surface area contributed by atoms with Gasteiger partial charge >= 0.3 is 0 Å². The van der Waals surface area contributed by atoms with Crippen LogP contribution in [0.2, 0.25) is 0 Å². The van der Waals surface area contributed by atoms with Gasteiger partial charge in [-0.15, -0.1) is 0 Å². The summed E-state index contributed by atoms with van der Waals surface area (Å²) in [7, 11) is 1.96. The third kappa shape index (κ3) is 2.30. The van der Waals surface area contributed by atoms with E-state index in [0.29, 0.717) is 0 Å². The standard InChI is InChI=1S/C12H12N3OS2/c16-12(15-5-4-14-9-15)10-7-17-18(8-10)11-2-1-3-13-6-11/h1-6,9-10H,7-8H2/q+1. The van der Waals surface area contributed by atoms with Crippen molar-refractivity contribution < 1.29 is 4.79 Å². The minimum atomic E-state index is 0.0905. The maximum atomic E-state index is 12.2. The van der Waals surface area contributed by atoms with Crippen LogP contribution in [-0.4, -0.2) is 31.9 Å². The molecule has 1 saturated heterocycles. The van der Waals surface area contributed by atoms with Gasteiger partial charge < -0.3 is 0 Å². The van der Waals surface area contributed by atoms with E-state index >= 15 is 0 Å². The minimum absolute atomic E-state index is 0.0905. The lowest BCUT2D eigenvalue weighted by atomic mass is 10.2. The summed E-state index contributed by atoms with van der Waals surface area (Å²) in [6, 6.07) is 4.04. The van der Waals surface area contributed by atoms with Gasteiger partial charge in [0.2, 0.25) is 5.91 Å². The molecular formula is C12H12N3OS2+. The SMILES string of the molecule is O=C(C1CS[S+](c2cccnc2)C1)n1ccnc1. The van der Waals surface area contributed by atoms with E-state index in [4.69, 9.17) is 0 Å². The molecule has 4 nitrogen and oxygen atoms in total. The summed E-state index contributed by atoms with van der Waals surface area (Å²) in [5, 5.41) is 0. The molecule has 1 aliphatic heterocycles. The van der Waals surface area contributed by atoms with Crippen molar-refractivity contribution in [2.45, 2.75) is 4.90 Å². The van der Waals surface area contributed by atoms with Crippen molar-refractivity contribution in [3.05, 3.63) is 43.2 Å². The predicted octanol–water partition coefficient (Wildman–Crippen LogP) is 1.87. The highest BCUT2D eigenvalue weighted by atomic mass is 33.1. The molecule has 0 bridgehead atoms. The van der Waals surface area contributed by atoms with E-state index in [2.05, 4.69) is 16.0 Å². The molecule has 2 aromatic heterocycles. The first-order valence-electron chi connectivity index (χ1n) is 5.61. The monoisotopic (exact) mass is 278 g/mol. The Morgan fingerprint density at radius 2 is 2.39 bits per heavy atom. The zero-order valence-electron chi connectivity index (χ0n) is 9.60. The zero-order valence-corrected chi connectivity index (χ0v) is 11.2. The number of rotatable bonds is 2. The quantitative estimate of drug-likeness (QED) is 0.621. The van der Waals surface area contributed by atoms with E-state index in [1.807, 2.05) is 23.1 Å². The van der Waals surface area contributed by atoms with Crippen molar-refractivity contribution in [1.82, 2.24) is 14.5 Å². The van der Waals surface area contributed by atoms with Crippen molar-refractivity contribution in [2.75, 3.05) is 11.5 Å². The first-order chi connectivity index (χ1) is 8.84. The van der Waals surface area contributed by atoms with Gasteiger partial charge in [0.15, 0.2) is 4.90 Å². The van der Waals surface area contributed by atoms with Crippen LogP contribution in [0.4, 0.5) is 0 Å². The number of carbonyl (C=O) groups excluding carboxylic acids is 1. The van der Waals surface area contributed by atoms with Crippen molar-refractivity contribution in [3.8, 4) is 0 Å². The third-order valence-corrected chi connectivity index (χ3v) is 7.31. The summed E-state index contributed by atoms with van der Waals surface area (Å²) >= 11 is 0. The van der Waals surface area contributed by atoms with Gasteiger partial charge in [0.25, 0.3) is 0 Å². The molecule has 0 aliphatic carbocycles. The van der Waals surface area contributed by atoms with Crippen LogP contribution in [0.5, 0.6) is 0 Å². The van der Waals surface area contributed by atoms with E-state index in [1.54, 1.807) is 29.5 Å². The van der Waals surface area contributed by atoms with Crippen LogP contribution >= 0.6 is 10.8 Å². The van der Waals surface area contributed by atoms with Gasteiger partial charge in [0.1, 0.15) is 12.1 Å². The Hall–Kier alpha value is -1.27. The molecule has 3 heterocycles. The van der Waals surface area contributed by atoms with Crippen LogP contribution in [0.15, 0.2) is 48.1 Å². The first kappa shape index (κ1) is 11.8. The molecule has 3 rings (SSSR count). The van der Waals surface area contributed by atoms with Crippen LogP contribution < -0.4 is 0 Å². The molecule has 0 aromatic carbocycles. The smallest absolute Gasteiger partial charge is 0.240 e. The summed E-state index contributed by atoms with van der Waals surface area (Å²) in [6.07, 6.45) is 8.61. The van der Waals surface area contributed by atoms with Gasteiger partial charge in [-0.3, -0.25) is 14.3 Å². The number of carbonyl (C=O) groups is 1. The van der Waals surface area contributed by atoms with Gasteiger partial charge in [0, 0.05) is 18.6 Å². The number of nitrogens with zero attached hydrogens (tertiary/aromatic N) is 3. The van der Waals surface area contributed by atoms with Crippen LogP contribution in [0.25, 0.3) is 0 Å². The lowest BCUT2D eigenvalue weighted by Gasteiger charge is -2.03. The Kier molecular flexibility index (Phi) is 3.38. The summed E-state index contributed by atoms with van der Waals surface area (Å²) in [5.41, 5.74) is 0. The van der Waals surface area contributed by atoms with Crippen molar-refractivity contribution in [2.24, 2.45) is 5.92 Å². The number of aromatic nitrogens is 3. The summed E-state index contributed by atoms with van der Waals surface area (Å²) in [6.45, 7) is 0. The molecule has 2 unspecified atom stereocenters. The topological polar surface area (TPSA) is 47.8 Å². The molecule has 1 fully saturated rings. The first-order valence-corrected chi connectivity index (χ1v) is 8.50. The van der Waals surface area contributed by atoms with Gasteiger partial charge in [-0.05, 0) is 12.1 Å². The average molecular weight is 278 g/mol. The molecular weight excluding hydrogens is 266 g/mol. The number of pyridine rings is 1. The molecule has 0 N–H and O–H groups in total. The Morgan fingerprint density at radius 1 is 1.44 bits per heavy atom. The molecule has 0 saturated carbocycles. The molecule has 0 spiro atoms. The maximum absolute atomic E-state index is 12.2. The largest absolute Gasteiger partial charge is 0.276 e. The fourth-order valence-corrected chi connectivity index (χ4v) is 6.50. The van der Waals surface area contributed by atoms with Gasteiger partial charge in [-0.2, -0.15) is 0 Å². The fraction of sp³-hybridized carbons (Fsp3) is 0.250. The van der Waals surface area contributed by atoms with E-state index in [1.165, 1.54) is 4.90 Å². The fourth-order valence-electron chi connectivity index (χ4n) is 1.83. The predicted molar refractivity (Wildman–Crippen MR) is 73.5 cm³/mol. The van der Waals surface area contributed by atoms with Crippen molar-refractivity contribution in [3.63, 3.8) is 0 Å². The minimum Gasteiger partial charge on any atom is -0.276 e. The second-order valence-electron chi connectivity index (χ2n) is 3.99. The Balaban J connectivity index is 1.71. The normalized spacial score (nSPS) is 23.1. The summed E-state index contributed by atoms with van der Waals surface area (Å²) in [4.78, 5) is 21.5. The van der Waals surface area contributed by atoms with E-state index in [-0.39, 0.29) is 21.8 Å². The van der Waals surface area contributed by atoms with Gasteiger partial charge in [-0.25, -0.2) is 4.98 Å². The second kappa shape index (κ2) is 5.16. The van der Waals surface area contributed by atoms with Gasteiger partial charge in [0.05, 0.1) is 38.6 Å². The Morgan fingerprint density at radius 3 is 3.11 bits per heavy atom. The highest BCUT2D eigenvalue weighted by Gasteiger charge is 2.41. The van der Waals surface area contributed by atoms with Crippen LogP contribution in [0.1, 0.15) is 4.79 Å². The van der Waals surface area contributed by atoms with E-state index in [9.17, 15) is 4.79 Å². The second-order valence-corrected chi connectivity index (χ2v) is 7.97. The molecule has 2 atom stereocenters. The lowest BCUT2D eigenvalue weighted by molar-refractivity contribution is 0.0861. The molecule has 0 amide bonds. The highest BCUT2D eigenvalue weighted by Crippen LogP contribution is 2.36. The van der Waals surface area contributed by atoms with Crippen molar-refractivity contribution >= 4 is 26.6 Å². The zero-order chi connectivity index (χ0) is 12.4. The number of hydrogen-bond donors (Lipinski definition) is 0. The maximum Gasteiger partial charge on any atom is 0.240 e. The molecule has 1 aliphatic rings. The number of hydrogen-bond acceptors (Lipinski definition) is 4. The molecule has 18 heavy (non-hydrogen) atoms.